The van der Waals surface area contributed by atoms with Crippen molar-refractivity contribution in [3.05, 3.63) is 29.8 Å². The number of pyridine rings is 1. The third kappa shape index (κ3) is 4.38. The summed E-state index contributed by atoms with van der Waals surface area (Å²) in [5.74, 6) is -0.443. The largest absolute Gasteiger partial charge is 0.384 e. The number of halogens is 1. The summed E-state index contributed by atoms with van der Waals surface area (Å²) in [5, 5.41) is 0. The molecule has 86 valence electrons. The van der Waals surface area contributed by atoms with Crippen molar-refractivity contribution in [1.29, 1.82) is 0 Å². The van der Waals surface area contributed by atoms with Gasteiger partial charge in [0.2, 0.25) is 5.95 Å². The fraction of sp³-hybridized carbons (Fsp3) is 0.583. The standard InChI is InChI=1S/C10H14FNO.C2H6/c1-10(2,7-13-3)8-4-5-12-9(11)6-8;1-2/h4-6H,7H2,1-3H3;1-2H3. The van der Waals surface area contributed by atoms with Crippen LogP contribution in [0.5, 0.6) is 0 Å². The Labute approximate surface area is 91.5 Å². The fourth-order valence-electron chi connectivity index (χ4n) is 1.27. The predicted octanol–water partition coefficient (Wildman–Crippen LogP) is 3.17. The molecule has 1 heterocycles. The van der Waals surface area contributed by atoms with Crippen molar-refractivity contribution in [3.8, 4) is 0 Å². The lowest BCUT2D eigenvalue weighted by Crippen LogP contribution is -2.23. The van der Waals surface area contributed by atoms with E-state index in [2.05, 4.69) is 4.98 Å². The third-order valence-electron chi connectivity index (χ3n) is 2.01. The molecular formula is C12H20FNO. The van der Waals surface area contributed by atoms with E-state index in [9.17, 15) is 4.39 Å². The highest BCUT2D eigenvalue weighted by molar-refractivity contribution is 5.21. The number of rotatable bonds is 3. The van der Waals surface area contributed by atoms with Crippen LogP contribution in [0.1, 0.15) is 33.3 Å². The Morgan fingerprint density at radius 2 is 2.00 bits per heavy atom. The van der Waals surface area contributed by atoms with Gasteiger partial charge < -0.3 is 4.74 Å². The Hall–Kier alpha value is -0.960. The molecule has 0 N–H and O–H groups in total. The SMILES string of the molecule is CC.COCC(C)(C)c1ccnc(F)c1. The van der Waals surface area contributed by atoms with Crippen LogP contribution in [0.2, 0.25) is 0 Å². The average molecular weight is 213 g/mol. The van der Waals surface area contributed by atoms with Gasteiger partial charge in [-0.2, -0.15) is 4.39 Å². The molecular weight excluding hydrogens is 193 g/mol. The summed E-state index contributed by atoms with van der Waals surface area (Å²) in [5.41, 5.74) is 0.736. The first-order chi connectivity index (χ1) is 7.06. The fourth-order valence-corrected chi connectivity index (χ4v) is 1.27. The van der Waals surface area contributed by atoms with E-state index in [1.165, 1.54) is 12.3 Å². The quantitative estimate of drug-likeness (QED) is 0.719. The maximum atomic E-state index is 12.8. The Kier molecular flexibility index (Phi) is 6.09. The molecule has 0 fully saturated rings. The number of ether oxygens (including phenoxy) is 1. The van der Waals surface area contributed by atoms with Crippen LogP contribution in [0.15, 0.2) is 18.3 Å². The molecule has 0 spiro atoms. The molecule has 15 heavy (non-hydrogen) atoms. The molecule has 0 bridgehead atoms. The highest BCUT2D eigenvalue weighted by Crippen LogP contribution is 2.22. The zero-order chi connectivity index (χ0) is 11.9. The second-order valence-electron chi connectivity index (χ2n) is 3.68. The van der Waals surface area contributed by atoms with Gasteiger partial charge in [0.25, 0.3) is 0 Å². The van der Waals surface area contributed by atoms with Crippen molar-refractivity contribution in [2.45, 2.75) is 33.1 Å². The maximum absolute atomic E-state index is 12.8. The van der Waals surface area contributed by atoms with Crippen molar-refractivity contribution in [2.75, 3.05) is 13.7 Å². The summed E-state index contributed by atoms with van der Waals surface area (Å²) in [6.07, 6.45) is 1.47. The lowest BCUT2D eigenvalue weighted by atomic mass is 9.86. The number of nitrogens with zero attached hydrogens (tertiary/aromatic N) is 1. The summed E-state index contributed by atoms with van der Waals surface area (Å²) in [7, 11) is 1.64. The maximum Gasteiger partial charge on any atom is 0.213 e. The summed E-state index contributed by atoms with van der Waals surface area (Å²) < 4.78 is 17.8. The monoisotopic (exact) mass is 213 g/mol. The van der Waals surface area contributed by atoms with Crippen LogP contribution in [0, 0.1) is 5.95 Å². The molecule has 0 aromatic carbocycles. The van der Waals surface area contributed by atoms with Gasteiger partial charge in [-0.25, -0.2) is 4.98 Å². The minimum atomic E-state index is -0.443. The molecule has 3 heteroatoms. The Morgan fingerprint density at radius 3 is 2.47 bits per heavy atom. The second kappa shape index (κ2) is 6.51. The first-order valence-corrected chi connectivity index (χ1v) is 5.17. The minimum Gasteiger partial charge on any atom is -0.384 e. The van der Waals surface area contributed by atoms with Crippen molar-refractivity contribution >= 4 is 0 Å². The van der Waals surface area contributed by atoms with E-state index in [4.69, 9.17) is 4.74 Å². The van der Waals surface area contributed by atoms with Crippen LogP contribution in [0.3, 0.4) is 0 Å². The number of aromatic nitrogens is 1. The zero-order valence-corrected chi connectivity index (χ0v) is 10.2. The lowest BCUT2D eigenvalue weighted by molar-refractivity contribution is 0.146. The molecule has 0 saturated heterocycles. The first-order valence-electron chi connectivity index (χ1n) is 5.17. The molecule has 1 aromatic heterocycles. The summed E-state index contributed by atoms with van der Waals surface area (Å²) in [6.45, 7) is 8.58. The van der Waals surface area contributed by atoms with Crippen LogP contribution in [0.4, 0.5) is 4.39 Å². The van der Waals surface area contributed by atoms with Crippen molar-refractivity contribution in [2.24, 2.45) is 0 Å². The topological polar surface area (TPSA) is 22.1 Å². The predicted molar refractivity (Wildman–Crippen MR) is 60.4 cm³/mol. The number of methoxy groups -OCH3 is 1. The van der Waals surface area contributed by atoms with E-state index in [1.807, 2.05) is 33.8 Å². The molecule has 1 aromatic rings. The van der Waals surface area contributed by atoms with E-state index >= 15 is 0 Å². The molecule has 0 aliphatic heterocycles. The minimum absolute atomic E-state index is 0.168. The van der Waals surface area contributed by atoms with Gasteiger partial charge in [0.1, 0.15) is 0 Å². The van der Waals surface area contributed by atoms with Crippen molar-refractivity contribution < 1.29 is 9.13 Å². The van der Waals surface area contributed by atoms with Gasteiger partial charge in [-0.3, -0.25) is 0 Å². The van der Waals surface area contributed by atoms with Gasteiger partial charge in [0.15, 0.2) is 0 Å². The normalized spacial score (nSPS) is 10.5. The highest BCUT2D eigenvalue weighted by atomic mass is 19.1. The second-order valence-corrected chi connectivity index (χ2v) is 3.68. The Morgan fingerprint density at radius 1 is 1.40 bits per heavy atom. The number of hydrogen-bond donors (Lipinski definition) is 0. The molecule has 0 radical (unpaired) electrons. The van der Waals surface area contributed by atoms with E-state index in [-0.39, 0.29) is 5.41 Å². The summed E-state index contributed by atoms with van der Waals surface area (Å²) >= 11 is 0. The van der Waals surface area contributed by atoms with Gasteiger partial charge in [0.05, 0.1) is 6.61 Å². The lowest BCUT2D eigenvalue weighted by Gasteiger charge is -2.23. The zero-order valence-electron chi connectivity index (χ0n) is 10.2. The van der Waals surface area contributed by atoms with E-state index < -0.39 is 5.95 Å². The molecule has 0 unspecified atom stereocenters. The molecule has 0 saturated carbocycles. The summed E-state index contributed by atoms with van der Waals surface area (Å²) in [6, 6.07) is 3.25. The molecule has 1 rings (SSSR count). The smallest absolute Gasteiger partial charge is 0.213 e. The van der Waals surface area contributed by atoms with Crippen LogP contribution in [-0.2, 0) is 10.2 Å². The van der Waals surface area contributed by atoms with E-state index in [1.54, 1.807) is 7.11 Å². The van der Waals surface area contributed by atoms with Crippen LogP contribution < -0.4 is 0 Å². The third-order valence-corrected chi connectivity index (χ3v) is 2.01. The van der Waals surface area contributed by atoms with Gasteiger partial charge in [0, 0.05) is 18.7 Å². The van der Waals surface area contributed by atoms with Gasteiger partial charge in [-0.15, -0.1) is 0 Å². The molecule has 0 aliphatic rings. The molecule has 2 nitrogen and oxygen atoms in total. The van der Waals surface area contributed by atoms with Crippen molar-refractivity contribution in [1.82, 2.24) is 4.98 Å². The van der Waals surface area contributed by atoms with Gasteiger partial charge >= 0.3 is 0 Å². The first kappa shape index (κ1) is 14.0. The molecule has 0 atom stereocenters. The van der Waals surface area contributed by atoms with E-state index in [0.29, 0.717) is 6.61 Å². The number of hydrogen-bond acceptors (Lipinski definition) is 2. The van der Waals surface area contributed by atoms with Crippen LogP contribution in [-0.4, -0.2) is 18.7 Å². The molecule has 0 aliphatic carbocycles. The van der Waals surface area contributed by atoms with E-state index in [0.717, 1.165) is 5.56 Å². The molecule has 0 amide bonds. The van der Waals surface area contributed by atoms with Gasteiger partial charge in [-0.1, -0.05) is 27.7 Å². The van der Waals surface area contributed by atoms with Crippen LogP contribution >= 0.6 is 0 Å². The summed E-state index contributed by atoms with van der Waals surface area (Å²) in [4.78, 5) is 3.51. The van der Waals surface area contributed by atoms with Gasteiger partial charge in [-0.05, 0) is 17.7 Å². The highest BCUT2D eigenvalue weighted by Gasteiger charge is 2.20. The van der Waals surface area contributed by atoms with Crippen LogP contribution in [0.25, 0.3) is 0 Å². The Balaban J connectivity index is 0.000000921. The van der Waals surface area contributed by atoms with Crippen molar-refractivity contribution in [3.63, 3.8) is 0 Å². The Bertz CT molecular complexity index is 287. The average Bonchev–Trinajstić information content (AvgIpc) is 2.21.